The lowest BCUT2D eigenvalue weighted by Gasteiger charge is -2.17. The van der Waals surface area contributed by atoms with Gasteiger partial charge in [-0.25, -0.2) is 0 Å². The summed E-state index contributed by atoms with van der Waals surface area (Å²) in [5.41, 5.74) is 0.825. The average molecular weight is 319 g/mol. The molecule has 1 aromatic rings. The fourth-order valence-electron chi connectivity index (χ4n) is 2.55. The molecule has 126 valence electrons. The molecule has 2 N–H and O–H groups in total. The van der Waals surface area contributed by atoms with Crippen LogP contribution in [0.5, 0.6) is 5.75 Å². The molecule has 1 aliphatic heterocycles. The Balaban J connectivity index is 1.81. The number of ether oxygens (including phenoxy) is 1. The van der Waals surface area contributed by atoms with Gasteiger partial charge in [0, 0.05) is 37.3 Å². The summed E-state index contributed by atoms with van der Waals surface area (Å²) in [6, 6.07) is 7.54. The van der Waals surface area contributed by atoms with Crippen molar-refractivity contribution >= 4 is 17.5 Å². The van der Waals surface area contributed by atoms with Crippen molar-refractivity contribution < 1.29 is 14.3 Å². The molecule has 1 aromatic carbocycles. The van der Waals surface area contributed by atoms with Crippen molar-refractivity contribution in [1.82, 2.24) is 10.6 Å². The molecule has 2 rings (SSSR count). The number of rotatable bonds is 8. The van der Waals surface area contributed by atoms with E-state index >= 15 is 0 Å². The lowest BCUT2D eigenvalue weighted by molar-refractivity contribution is -0.123. The van der Waals surface area contributed by atoms with Crippen molar-refractivity contribution in [3.05, 3.63) is 24.3 Å². The Bertz CT molecular complexity index is 548. The molecule has 0 aromatic heterocycles. The van der Waals surface area contributed by atoms with E-state index in [1.165, 1.54) is 0 Å². The highest BCUT2D eigenvalue weighted by atomic mass is 16.5. The number of likely N-dealkylation sites (N-methyl/N-ethyl adjacent to an activating group) is 1. The number of hydrogen-bond acceptors (Lipinski definition) is 4. The second-order valence-corrected chi connectivity index (χ2v) is 5.70. The van der Waals surface area contributed by atoms with Gasteiger partial charge < -0.3 is 20.3 Å². The summed E-state index contributed by atoms with van der Waals surface area (Å²) in [4.78, 5) is 25.3. The first-order valence-corrected chi connectivity index (χ1v) is 8.13. The predicted octanol–water partition coefficient (Wildman–Crippen LogP) is 1.31. The second-order valence-electron chi connectivity index (χ2n) is 5.70. The van der Waals surface area contributed by atoms with Crippen molar-refractivity contribution in [2.75, 3.05) is 31.1 Å². The molecule has 6 nitrogen and oxygen atoms in total. The van der Waals surface area contributed by atoms with E-state index in [1.807, 2.05) is 26.0 Å². The van der Waals surface area contributed by atoms with Crippen LogP contribution in [0.4, 0.5) is 5.69 Å². The summed E-state index contributed by atoms with van der Waals surface area (Å²) in [6.07, 6.45) is 1.48. The number of benzene rings is 1. The first-order chi connectivity index (χ1) is 11.1. The van der Waals surface area contributed by atoms with Gasteiger partial charge in [0.05, 0.1) is 0 Å². The van der Waals surface area contributed by atoms with Crippen LogP contribution in [0.2, 0.25) is 0 Å². The van der Waals surface area contributed by atoms with Crippen LogP contribution >= 0.6 is 0 Å². The van der Waals surface area contributed by atoms with Gasteiger partial charge in [-0.1, -0.05) is 13.0 Å². The molecular formula is C17H25N3O3. The molecule has 6 heteroatoms. The van der Waals surface area contributed by atoms with Crippen LogP contribution in [0.3, 0.4) is 0 Å². The van der Waals surface area contributed by atoms with Gasteiger partial charge in [-0.15, -0.1) is 0 Å². The standard InChI is InChI=1S/C17H25N3O3/c1-3-18-13(2)11-19-16(21)12-23-15-7-4-6-14(10-15)20-9-5-8-17(20)22/h4,6-7,10,13,18H,3,5,8-9,11-12H2,1-2H3,(H,19,21)/t13-/m1/s1. The van der Waals surface area contributed by atoms with Crippen LogP contribution in [0.25, 0.3) is 0 Å². The fraction of sp³-hybridized carbons (Fsp3) is 0.529. The molecule has 23 heavy (non-hydrogen) atoms. The molecule has 0 bridgehead atoms. The zero-order valence-electron chi connectivity index (χ0n) is 13.8. The molecule has 1 atom stereocenters. The monoisotopic (exact) mass is 319 g/mol. The maximum absolute atomic E-state index is 11.8. The topological polar surface area (TPSA) is 70.7 Å². The summed E-state index contributed by atoms with van der Waals surface area (Å²) in [6.45, 7) is 6.19. The molecule has 0 spiro atoms. The van der Waals surface area contributed by atoms with Gasteiger partial charge in [0.25, 0.3) is 5.91 Å². The average Bonchev–Trinajstić information content (AvgIpc) is 2.97. The molecule has 1 aliphatic rings. The lowest BCUT2D eigenvalue weighted by atomic mass is 10.3. The molecule has 2 amide bonds. The molecule has 1 fully saturated rings. The van der Waals surface area contributed by atoms with E-state index in [0.717, 1.165) is 25.2 Å². The van der Waals surface area contributed by atoms with Gasteiger partial charge in [-0.2, -0.15) is 0 Å². The Morgan fingerprint density at radius 3 is 2.96 bits per heavy atom. The summed E-state index contributed by atoms with van der Waals surface area (Å²) in [5, 5.41) is 6.05. The zero-order chi connectivity index (χ0) is 16.7. The molecule has 0 radical (unpaired) electrons. The first kappa shape index (κ1) is 17.3. The van der Waals surface area contributed by atoms with Crippen molar-refractivity contribution in [2.24, 2.45) is 0 Å². The summed E-state index contributed by atoms with van der Waals surface area (Å²) in [5.74, 6) is 0.576. The van der Waals surface area contributed by atoms with E-state index in [2.05, 4.69) is 10.6 Å². The minimum absolute atomic E-state index is 0.0315. The van der Waals surface area contributed by atoms with Crippen LogP contribution in [-0.4, -0.2) is 44.1 Å². The third-order valence-electron chi connectivity index (χ3n) is 3.73. The Hall–Kier alpha value is -2.08. The van der Waals surface area contributed by atoms with Crippen molar-refractivity contribution in [1.29, 1.82) is 0 Å². The number of carbonyl (C=O) groups excluding carboxylic acids is 2. The summed E-state index contributed by atoms with van der Waals surface area (Å²) in [7, 11) is 0. The minimum atomic E-state index is -0.155. The van der Waals surface area contributed by atoms with Crippen LogP contribution in [0.15, 0.2) is 24.3 Å². The fourth-order valence-corrected chi connectivity index (χ4v) is 2.55. The predicted molar refractivity (Wildman–Crippen MR) is 89.7 cm³/mol. The number of amides is 2. The highest BCUT2D eigenvalue weighted by molar-refractivity contribution is 5.95. The third-order valence-corrected chi connectivity index (χ3v) is 3.73. The van der Waals surface area contributed by atoms with E-state index in [-0.39, 0.29) is 24.5 Å². The van der Waals surface area contributed by atoms with Crippen molar-refractivity contribution in [3.63, 3.8) is 0 Å². The van der Waals surface area contributed by atoms with Gasteiger partial charge in [-0.3, -0.25) is 9.59 Å². The van der Waals surface area contributed by atoms with E-state index in [0.29, 0.717) is 18.7 Å². The van der Waals surface area contributed by atoms with Crippen molar-refractivity contribution in [2.45, 2.75) is 32.7 Å². The van der Waals surface area contributed by atoms with Gasteiger partial charge >= 0.3 is 0 Å². The SMILES string of the molecule is CCN[C@H](C)CNC(=O)COc1cccc(N2CCCC2=O)c1. The molecule has 1 heterocycles. The summed E-state index contributed by atoms with van der Waals surface area (Å²) < 4.78 is 5.53. The van der Waals surface area contributed by atoms with Gasteiger partial charge in [0.2, 0.25) is 5.91 Å². The van der Waals surface area contributed by atoms with E-state index in [9.17, 15) is 9.59 Å². The Morgan fingerprint density at radius 1 is 1.43 bits per heavy atom. The number of anilines is 1. The number of nitrogens with one attached hydrogen (secondary N) is 2. The smallest absolute Gasteiger partial charge is 0.257 e. The van der Waals surface area contributed by atoms with E-state index in [1.54, 1.807) is 17.0 Å². The number of hydrogen-bond donors (Lipinski definition) is 2. The maximum Gasteiger partial charge on any atom is 0.257 e. The highest BCUT2D eigenvalue weighted by Crippen LogP contribution is 2.25. The zero-order valence-corrected chi connectivity index (χ0v) is 13.8. The van der Waals surface area contributed by atoms with Crippen LogP contribution in [-0.2, 0) is 9.59 Å². The molecule has 1 saturated heterocycles. The Kier molecular flexibility index (Phi) is 6.40. The minimum Gasteiger partial charge on any atom is -0.484 e. The highest BCUT2D eigenvalue weighted by Gasteiger charge is 2.21. The molecule has 0 saturated carbocycles. The quantitative estimate of drug-likeness (QED) is 0.758. The first-order valence-electron chi connectivity index (χ1n) is 8.13. The van der Waals surface area contributed by atoms with Crippen LogP contribution < -0.4 is 20.3 Å². The molecule has 0 aliphatic carbocycles. The number of carbonyl (C=O) groups is 2. The van der Waals surface area contributed by atoms with Crippen molar-refractivity contribution in [3.8, 4) is 5.75 Å². The van der Waals surface area contributed by atoms with Crippen LogP contribution in [0.1, 0.15) is 26.7 Å². The summed E-state index contributed by atoms with van der Waals surface area (Å²) >= 11 is 0. The molecular weight excluding hydrogens is 294 g/mol. The number of nitrogens with zero attached hydrogens (tertiary/aromatic N) is 1. The normalized spacial score (nSPS) is 15.6. The van der Waals surface area contributed by atoms with Gasteiger partial charge in [0.15, 0.2) is 6.61 Å². The van der Waals surface area contributed by atoms with Gasteiger partial charge in [0.1, 0.15) is 5.75 Å². The third kappa shape index (κ3) is 5.25. The second kappa shape index (κ2) is 8.53. The van der Waals surface area contributed by atoms with Crippen LogP contribution in [0, 0.1) is 0 Å². The van der Waals surface area contributed by atoms with E-state index in [4.69, 9.17) is 4.74 Å². The van der Waals surface area contributed by atoms with Gasteiger partial charge in [-0.05, 0) is 32.0 Å². The van der Waals surface area contributed by atoms with E-state index < -0.39 is 0 Å². The lowest BCUT2D eigenvalue weighted by Crippen LogP contribution is -2.40. The largest absolute Gasteiger partial charge is 0.484 e. The Labute approximate surface area is 137 Å². The Morgan fingerprint density at radius 2 is 2.26 bits per heavy atom. The molecule has 0 unspecified atom stereocenters. The maximum atomic E-state index is 11.8.